The first-order valence-corrected chi connectivity index (χ1v) is 14.6. The molecule has 0 saturated carbocycles. The van der Waals surface area contributed by atoms with Crippen LogP contribution in [0.15, 0.2) is 79.0 Å². The van der Waals surface area contributed by atoms with Crippen molar-refractivity contribution in [3.05, 3.63) is 113 Å². The Bertz CT molecular complexity index is 1690. The number of halogens is 4. The van der Waals surface area contributed by atoms with Gasteiger partial charge >= 0.3 is 6.18 Å². The number of nitrogens with one attached hydrogen (secondary N) is 1. The van der Waals surface area contributed by atoms with Gasteiger partial charge in [0, 0.05) is 49.1 Å². The molecule has 1 unspecified atom stereocenters. The van der Waals surface area contributed by atoms with Gasteiger partial charge in [-0.25, -0.2) is 4.39 Å². The third-order valence-electron chi connectivity index (χ3n) is 8.90. The van der Waals surface area contributed by atoms with E-state index in [0.29, 0.717) is 49.1 Å². The number of carbonyl (C=O) groups is 2. The zero-order valence-electron chi connectivity index (χ0n) is 23.8. The van der Waals surface area contributed by atoms with E-state index in [1.54, 1.807) is 18.2 Å². The number of fused-ring (bicyclic) bond motifs is 1. The fraction of sp³-hybridized carbons (Fsp3) is 0.324. The van der Waals surface area contributed by atoms with Crippen LogP contribution < -0.4 is 5.32 Å². The van der Waals surface area contributed by atoms with Crippen molar-refractivity contribution in [1.82, 2.24) is 15.2 Å². The quantitative estimate of drug-likeness (QED) is 0.213. The van der Waals surface area contributed by atoms with Crippen LogP contribution in [-0.2, 0) is 34.3 Å². The number of hydrogen-bond acceptors (Lipinski definition) is 5. The second-order valence-electron chi connectivity index (χ2n) is 11.8. The summed E-state index contributed by atoms with van der Waals surface area (Å²) in [6.07, 6.45) is -1.75. The molecule has 0 radical (unpaired) electrons. The van der Waals surface area contributed by atoms with Gasteiger partial charge in [-0.1, -0.05) is 48.5 Å². The van der Waals surface area contributed by atoms with Gasteiger partial charge < -0.3 is 5.11 Å². The smallest absolute Gasteiger partial charge is 0.385 e. The van der Waals surface area contributed by atoms with Crippen molar-refractivity contribution in [3.63, 3.8) is 0 Å². The van der Waals surface area contributed by atoms with Gasteiger partial charge in [-0.05, 0) is 60.2 Å². The van der Waals surface area contributed by atoms with Crippen LogP contribution in [0.25, 0.3) is 10.9 Å². The maximum atomic E-state index is 16.4. The van der Waals surface area contributed by atoms with E-state index in [1.807, 2.05) is 30.3 Å². The Labute approximate surface area is 251 Å². The number of piperidine rings is 2. The highest BCUT2D eigenvalue weighted by Crippen LogP contribution is 2.42. The number of amides is 2. The van der Waals surface area contributed by atoms with Crippen LogP contribution in [0.5, 0.6) is 0 Å². The number of rotatable bonds is 6. The minimum Gasteiger partial charge on any atom is -0.385 e. The summed E-state index contributed by atoms with van der Waals surface area (Å²) in [5, 5.41) is 14.8. The van der Waals surface area contributed by atoms with Gasteiger partial charge in [0.2, 0.25) is 11.8 Å². The van der Waals surface area contributed by atoms with E-state index in [2.05, 4.69) is 15.2 Å². The van der Waals surface area contributed by atoms with Crippen LogP contribution in [0.4, 0.5) is 17.6 Å². The van der Waals surface area contributed by atoms with Gasteiger partial charge in [0.1, 0.15) is 5.82 Å². The third kappa shape index (κ3) is 5.96. The Morgan fingerprint density at radius 2 is 1.75 bits per heavy atom. The lowest BCUT2D eigenvalue weighted by Crippen LogP contribution is -2.51. The molecular formula is C34H31F4N3O3. The Hall–Kier alpha value is -4.15. The highest BCUT2D eigenvalue weighted by molar-refractivity contribution is 6.01. The minimum atomic E-state index is -4.41. The summed E-state index contributed by atoms with van der Waals surface area (Å²) >= 11 is 0. The molecule has 1 aromatic heterocycles. The number of likely N-dealkylation sites (tertiary alicyclic amines) is 1. The highest BCUT2D eigenvalue weighted by Gasteiger charge is 2.45. The van der Waals surface area contributed by atoms with Gasteiger partial charge in [-0.3, -0.25) is 24.8 Å². The normalized spacial score (nSPS) is 23.1. The SMILES string of the molecule is O=C1CCC(c2cnc3ccc([C@]4(O)CCN(Cc5ccc(C(F)(F)F)cc5)C[C@H]4Cc4ccccc4)c(F)c3c2)C(=O)N1. The van der Waals surface area contributed by atoms with Crippen molar-refractivity contribution in [1.29, 1.82) is 0 Å². The lowest BCUT2D eigenvalue weighted by Gasteiger charge is -2.45. The molecule has 2 amide bonds. The van der Waals surface area contributed by atoms with Gasteiger partial charge in [0.05, 0.1) is 22.6 Å². The first-order chi connectivity index (χ1) is 21.0. The number of aromatic nitrogens is 1. The first kappa shape index (κ1) is 29.9. The molecule has 228 valence electrons. The number of hydrogen-bond donors (Lipinski definition) is 2. The van der Waals surface area contributed by atoms with Crippen molar-refractivity contribution >= 4 is 22.7 Å². The van der Waals surface area contributed by atoms with Crippen molar-refractivity contribution < 1.29 is 32.3 Å². The molecule has 4 aromatic rings. The zero-order valence-corrected chi connectivity index (χ0v) is 23.8. The molecule has 3 heterocycles. The van der Waals surface area contributed by atoms with E-state index >= 15 is 4.39 Å². The second-order valence-corrected chi connectivity index (χ2v) is 11.8. The van der Waals surface area contributed by atoms with Crippen LogP contribution in [0.2, 0.25) is 0 Å². The molecule has 2 aliphatic heterocycles. The lowest BCUT2D eigenvalue weighted by molar-refractivity contribution is -0.138. The van der Waals surface area contributed by atoms with Gasteiger partial charge in [-0.15, -0.1) is 0 Å². The van der Waals surface area contributed by atoms with Gasteiger partial charge in [0.25, 0.3) is 0 Å². The number of imide groups is 1. The summed E-state index contributed by atoms with van der Waals surface area (Å²) in [6.45, 7) is 1.17. The average Bonchev–Trinajstić information content (AvgIpc) is 2.99. The fourth-order valence-electron chi connectivity index (χ4n) is 6.49. The Morgan fingerprint density at radius 1 is 1.00 bits per heavy atom. The number of alkyl halides is 3. The monoisotopic (exact) mass is 605 g/mol. The van der Waals surface area contributed by atoms with Crippen LogP contribution in [0.3, 0.4) is 0 Å². The summed E-state index contributed by atoms with van der Waals surface area (Å²) in [7, 11) is 0. The van der Waals surface area contributed by atoms with Gasteiger partial charge in [0.15, 0.2) is 0 Å². The predicted octanol–water partition coefficient (Wildman–Crippen LogP) is 5.87. The lowest BCUT2D eigenvalue weighted by atomic mass is 9.72. The molecule has 0 spiro atoms. The maximum absolute atomic E-state index is 16.4. The third-order valence-corrected chi connectivity index (χ3v) is 8.90. The standard InChI is InChI=1S/C34H31F4N3O3/c35-31-27-17-23(26-10-13-30(42)40-32(26)43)18-39-29(27)12-11-28(31)33(44)14-15-41(20-25(33)16-21-4-2-1-3-5-21)19-22-6-8-24(9-7-22)34(36,37)38/h1-9,11-12,17-18,25-26,44H,10,13-16,19-20H2,(H,40,42,43)/t25-,26?,33+/m1/s1. The van der Waals surface area contributed by atoms with E-state index in [0.717, 1.165) is 17.7 Å². The summed E-state index contributed by atoms with van der Waals surface area (Å²) in [6, 6.07) is 19.5. The Kier molecular flexibility index (Phi) is 7.98. The van der Waals surface area contributed by atoms with E-state index < -0.39 is 40.9 Å². The van der Waals surface area contributed by atoms with Gasteiger partial charge in [-0.2, -0.15) is 13.2 Å². The molecule has 2 fully saturated rings. The molecule has 0 bridgehead atoms. The number of aliphatic hydroxyl groups is 1. The van der Waals surface area contributed by atoms with E-state index in [1.165, 1.54) is 18.3 Å². The predicted molar refractivity (Wildman–Crippen MR) is 156 cm³/mol. The largest absolute Gasteiger partial charge is 0.416 e. The number of nitrogens with zero attached hydrogens (tertiary/aromatic N) is 2. The summed E-state index contributed by atoms with van der Waals surface area (Å²) < 4.78 is 55.6. The van der Waals surface area contributed by atoms with Crippen molar-refractivity contribution in [2.45, 2.75) is 49.9 Å². The molecular weight excluding hydrogens is 574 g/mol. The average molecular weight is 606 g/mol. The van der Waals surface area contributed by atoms with E-state index in [4.69, 9.17) is 0 Å². The highest BCUT2D eigenvalue weighted by atomic mass is 19.4. The molecule has 2 aliphatic rings. The summed E-state index contributed by atoms with van der Waals surface area (Å²) in [5.74, 6) is -2.46. The van der Waals surface area contributed by atoms with Crippen molar-refractivity contribution in [3.8, 4) is 0 Å². The van der Waals surface area contributed by atoms with Crippen molar-refractivity contribution in [2.75, 3.05) is 13.1 Å². The van der Waals surface area contributed by atoms with E-state index in [9.17, 15) is 27.9 Å². The Balaban J connectivity index is 1.31. The van der Waals surface area contributed by atoms with E-state index in [-0.39, 0.29) is 29.7 Å². The van der Waals surface area contributed by atoms with Crippen LogP contribution in [0.1, 0.15) is 53.0 Å². The molecule has 44 heavy (non-hydrogen) atoms. The van der Waals surface area contributed by atoms with Crippen LogP contribution >= 0.6 is 0 Å². The Morgan fingerprint density at radius 3 is 2.45 bits per heavy atom. The molecule has 6 nitrogen and oxygen atoms in total. The molecule has 2 N–H and O–H groups in total. The molecule has 6 rings (SSSR count). The topological polar surface area (TPSA) is 82.5 Å². The number of carbonyl (C=O) groups excluding carboxylic acids is 2. The molecule has 3 aromatic carbocycles. The fourth-order valence-corrected chi connectivity index (χ4v) is 6.49. The van der Waals surface area contributed by atoms with Crippen molar-refractivity contribution in [2.24, 2.45) is 5.92 Å². The summed E-state index contributed by atoms with van der Waals surface area (Å²) in [4.78, 5) is 30.6. The first-order valence-electron chi connectivity index (χ1n) is 14.6. The van der Waals surface area contributed by atoms with Crippen LogP contribution in [-0.4, -0.2) is 39.9 Å². The van der Waals surface area contributed by atoms with Crippen LogP contribution in [0, 0.1) is 11.7 Å². The molecule has 2 saturated heterocycles. The molecule has 10 heteroatoms. The minimum absolute atomic E-state index is 0.141. The second kappa shape index (κ2) is 11.7. The zero-order chi connectivity index (χ0) is 31.1. The number of pyridine rings is 1. The summed E-state index contributed by atoms with van der Waals surface area (Å²) in [5.41, 5.74) is 0.444. The molecule has 3 atom stereocenters. The molecule has 0 aliphatic carbocycles. The number of benzene rings is 3. The maximum Gasteiger partial charge on any atom is 0.416 e.